The van der Waals surface area contributed by atoms with E-state index >= 15 is 0 Å². The largest absolute Gasteiger partial charge is 0.375 e. The van der Waals surface area contributed by atoms with Gasteiger partial charge in [0.25, 0.3) is 0 Å². The van der Waals surface area contributed by atoms with Crippen LogP contribution in [0.4, 0.5) is 5.95 Å². The molecule has 0 unspecified atom stereocenters. The van der Waals surface area contributed by atoms with E-state index in [4.69, 9.17) is 15.5 Å². The molecule has 29 heavy (non-hydrogen) atoms. The molecule has 1 aliphatic heterocycles. The Bertz CT molecular complexity index is 892. The zero-order valence-electron chi connectivity index (χ0n) is 17.1. The van der Waals surface area contributed by atoms with Gasteiger partial charge in [0.15, 0.2) is 0 Å². The van der Waals surface area contributed by atoms with Crippen molar-refractivity contribution in [3.8, 4) is 11.1 Å². The van der Waals surface area contributed by atoms with Crippen LogP contribution in [-0.2, 0) is 9.53 Å². The van der Waals surface area contributed by atoms with E-state index in [1.165, 1.54) is 7.11 Å². The van der Waals surface area contributed by atoms with Crippen LogP contribution in [0.3, 0.4) is 0 Å². The number of hydrogen-bond acceptors (Lipinski definition) is 6. The van der Waals surface area contributed by atoms with E-state index in [2.05, 4.69) is 4.98 Å². The lowest BCUT2D eigenvalue weighted by Crippen LogP contribution is -2.40. The number of nitrogens with two attached hydrogens (primary N) is 1. The van der Waals surface area contributed by atoms with Crippen LogP contribution in [-0.4, -0.2) is 67.6 Å². The van der Waals surface area contributed by atoms with Crippen molar-refractivity contribution in [3.05, 3.63) is 41.7 Å². The topological polar surface area (TPSA) is 102 Å². The molecule has 1 fully saturated rings. The van der Waals surface area contributed by atoms with Crippen molar-refractivity contribution in [3.63, 3.8) is 0 Å². The minimum absolute atomic E-state index is 0.0111. The number of anilines is 1. The second kappa shape index (κ2) is 9.00. The minimum Gasteiger partial charge on any atom is -0.375 e. The van der Waals surface area contributed by atoms with Gasteiger partial charge in [0.05, 0.1) is 5.69 Å². The first-order valence-corrected chi connectivity index (χ1v) is 9.62. The first-order valence-electron chi connectivity index (χ1n) is 9.62. The van der Waals surface area contributed by atoms with Crippen molar-refractivity contribution < 1.29 is 14.3 Å². The molecule has 2 N–H and O–H groups in total. The molecule has 1 saturated heterocycles. The molecular weight excluding hydrogens is 370 g/mol. The van der Waals surface area contributed by atoms with Gasteiger partial charge in [-0.1, -0.05) is 12.1 Å². The Morgan fingerprint density at radius 2 is 2.00 bits per heavy atom. The fourth-order valence-electron chi connectivity index (χ4n) is 3.59. The lowest BCUT2D eigenvalue weighted by molar-refractivity contribution is -0.136. The molecule has 1 aromatic heterocycles. The first-order chi connectivity index (χ1) is 13.9. The van der Waals surface area contributed by atoms with Gasteiger partial charge in [-0.15, -0.1) is 0 Å². The van der Waals surface area contributed by atoms with Crippen LogP contribution < -0.4 is 10.6 Å². The van der Waals surface area contributed by atoms with Gasteiger partial charge in [0, 0.05) is 57.5 Å². The van der Waals surface area contributed by atoms with Crippen LogP contribution in [0.5, 0.6) is 0 Å². The summed E-state index contributed by atoms with van der Waals surface area (Å²) in [5, 5.41) is 0. The molecule has 1 aliphatic rings. The number of nitrogens with zero attached hydrogens (tertiary/aromatic N) is 4. The minimum atomic E-state index is -0.468. The molecule has 2 amide bonds. The maximum Gasteiger partial charge on any atom is 0.248 e. The van der Waals surface area contributed by atoms with Crippen LogP contribution in [0.15, 0.2) is 30.5 Å². The predicted molar refractivity (Wildman–Crippen MR) is 111 cm³/mol. The Kier molecular flexibility index (Phi) is 6.43. The Hall–Kier alpha value is -3.00. The number of ether oxygens (including phenoxy) is 1. The summed E-state index contributed by atoms with van der Waals surface area (Å²) in [5.41, 5.74) is 8.58. The van der Waals surface area contributed by atoms with Crippen molar-refractivity contribution in [1.82, 2.24) is 14.9 Å². The summed E-state index contributed by atoms with van der Waals surface area (Å²) in [7, 11) is 5.33. The van der Waals surface area contributed by atoms with E-state index < -0.39 is 5.91 Å². The van der Waals surface area contributed by atoms with Crippen LogP contribution in [0, 0.1) is 0 Å². The first kappa shape index (κ1) is 20.7. The van der Waals surface area contributed by atoms with Gasteiger partial charge in [-0.2, -0.15) is 0 Å². The summed E-state index contributed by atoms with van der Waals surface area (Å²) in [6, 6.07) is 7.21. The van der Waals surface area contributed by atoms with E-state index in [9.17, 15) is 9.59 Å². The molecule has 2 heterocycles. The number of piperidine rings is 1. The van der Waals surface area contributed by atoms with E-state index in [1.807, 2.05) is 36.0 Å². The fourth-order valence-corrected chi connectivity index (χ4v) is 3.59. The summed E-state index contributed by atoms with van der Waals surface area (Å²) in [5.74, 6) is 0.365. The van der Waals surface area contributed by atoms with Gasteiger partial charge in [-0.05, 0) is 30.5 Å². The zero-order chi connectivity index (χ0) is 21.0. The number of likely N-dealkylation sites (tertiary alicyclic amines) is 1. The highest BCUT2D eigenvalue weighted by atomic mass is 16.5. The highest BCUT2D eigenvalue weighted by Crippen LogP contribution is 2.35. The number of aromatic nitrogens is 2. The number of benzene rings is 1. The summed E-state index contributed by atoms with van der Waals surface area (Å²) in [4.78, 5) is 36.7. The van der Waals surface area contributed by atoms with Crippen molar-refractivity contribution in [2.45, 2.75) is 18.8 Å². The molecule has 8 heteroatoms. The molecule has 2 aromatic rings. The fraction of sp³-hybridized carbons (Fsp3) is 0.429. The molecule has 3 rings (SSSR count). The number of amides is 2. The average Bonchev–Trinajstić information content (AvgIpc) is 2.73. The molecule has 8 nitrogen and oxygen atoms in total. The normalized spacial score (nSPS) is 14.7. The predicted octanol–water partition coefficient (Wildman–Crippen LogP) is 1.66. The standard InChI is InChI=1S/C21H27N5O3/c1-25(2)21-23-12-17(15-5-4-6-16(11-15)20(22)28)19(24-21)14-7-9-26(10-8-14)18(27)13-29-3/h4-6,11-12,14H,7-10,13H2,1-3H3,(H2,22,28). The van der Waals surface area contributed by atoms with Gasteiger partial charge < -0.3 is 20.3 Å². The number of primary amides is 1. The van der Waals surface area contributed by atoms with Crippen molar-refractivity contribution in [2.75, 3.05) is 45.8 Å². The van der Waals surface area contributed by atoms with E-state index in [0.717, 1.165) is 29.7 Å². The monoisotopic (exact) mass is 397 g/mol. The Labute approximate surface area is 170 Å². The molecule has 0 bridgehead atoms. The van der Waals surface area contributed by atoms with E-state index in [1.54, 1.807) is 18.3 Å². The number of carbonyl (C=O) groups is 2. The van der Waals surface area contributed by atoms with Gasteiger partial charge in [0.1, 0.15) is 6.61 Å². The summed E-state index contributed by atoms with van der Waals surface area (Å²) in [6.45, 7) is 1.43. The second-order valence-electron chi connectivity index (χ2n) is 7.40. The molecule has 1 aromatic carbocycles. The van der Waals surface area contributed by atoms with Gasteiger partial charge >= 0.3 is 0 Å². The lowest BCUT2D eigenvalue weighted by atomic mass is 9.88. The molecule has 0 spiro atoms. The zero-order valence-corrected chi connectivity index (χ0v) is 17.1. The average molecular weight is 397 g/mol. The third-order valence-electron chi connectivity index (χ3n) is 5.17. The molecular formula is C21H27N5O3. The van der Waals surface area contributed by atoms with Gasteiger partial charge in [-0.25, -0.2) is 9.97 Å². The molecule has 0 atom stereocenters. The highest BCUT2D eigenvalue weighted by molar-refractivity contribution is 5.94. The maximum absolute atomic E-state index is 12.1. The maximum atomic E-state index is 12.1. The second-order valence-corrected chi connectivity index (χ2v) is 7.40. The summed E-state index contributed by atoms with van der Waals surface area (Å²) in [6.07, 6.45) is 3.42. The molecule has 0 radical (unpaired) electrons. The number of rotatable bonds is 6. The van der Waals surface area contributed by atoms with Crippen LogP contribution in [0.1, 0.15) is 34.8 Å². The van der Waals surface area contributed by atoms with Gasteiger partial charge in [-0.3, -0.25) is 9.59 Å². The molecule has 0 saturated carbocycles. The molecule has 154 valence electrons. The molecule has 0 aliphatic carbocycles. The summed E-state index contributed by atoms with van der Waals surface area (Å²) < 4.78 is 4.96. The highest BCUT2D eigenvalue weighted by Gasteiger charge is 2.27. The quantitative estimate of drug-likeness (QED) is 0.795. The van der Waals surface area contributed by atoms with Crippen LogP contribution in [0.25, 0.3) is 11.1 Å². The van der Waals surface area contributed by atoms with Crippen LogP contribution >= 0.6 is 0 Å². The lowest BCUT2D eigenvalue weighted by Gasteiger charge is -2.32. The van der Waals surface area contributed by atoms with E-state index in [0.29, 0.717) is 24.6 Å². The number of hydrogen-bond donors (Lipinski definition) is 1. The Balaban J connectivity index is 1.93. The van der Waals surface area contributed by atoms with Crippen molar-refractivity contribution in [1.29, 1.82) is 0 Å². The third-order valence-corrected chi connectivity index (χ3v) is 5.17. The van der Waals surface area contributed by atoms with Gasteiger partial charge in [0.2, 0.25) is 17.8 Å². The van der Waals surface area contributed by atoms with Crippen LogP contribution in [0.2, 0.25) is 0 Å². The summed E-state index contributed by atoms with van der Waals surface area (Å²) >= 11 is 0. The Morgan fingerprint density at radius 1 is 1.28 bits per heavy atom. The Morgan fingerprint density at radius 3 is 2.62 bits per heavy atom. The number of methoxy groups -OCH3 is 1. The number of carbonyl (C=O) groups excluding carboxylic acids is 2. The van der Waals surface area contributed by atoms with Crippen molar-refractivity contribution >= 4 is 17.8 Å². The van der Waals surface area contributed by atoms with Crippen molar-refractivity contribution in [2.24, 2.45) is 5.73 Å². The smallest absolute Gasteiger partial charge is 0.248 e. The SMILES string of the molecule is COCC(=O)N1CCC(c2nc(N(C)C)ncc2-c2cccc(C(N)=O)c2)CC1. The van der Waals surface area contributed by atoms with E-state index in [-0.39, 0.29) is 18.4 Å². The third kappa shape index (κ3) is 4.71.